The summed E-state index contributed by atoms with van der Waals surface area (Å²) >= 11 is 6.94. The van der Waals surface area contributed by atoms with Gasteiger partial charge in [0.05, 0.1) is 10.7 Å². The lowest BCUT2D eigenvalue weighted by Crippen LogP contribution is -2.39. The summed E-state index contributed by atoms with van der Waals surface area (Å²) in [6.45, 7) is 1.79. The standard InChI is InChI=1S/C15H17ClN4O2S/c1-9-14(23-20-19-9)15(21)18-11-3-5-12(6-4-11)22-13-7-2-10(16)8-17-13/h2,7-8,11-12H,3-6H2,1H3,(H,18,21). The quantitative estimate of drug-likeness (QED) is 0.915. The van der Waals surface area contributed by atoms with Crippen LogP contribution in [0, 0.1) is 6.92 Å². The molecule has 6 nitrogen and oxygen atoms in total. The summed E-state index contributed by atoms with van der Waals surface area (Å²) in [5, 5.41) is 7.52. The fourth-order valence-electron chi connectivity index (χ4n) is 2.62. The predicted molar refractivity (Wildman–Crippen MR) is 88.0 cm³/mol. The van der Waals surface area contributed by atoms with E-state index in [0.29, 0.717) is 21.5 Å². The van der Waals surface area contributed by atoms with E-state index in [9.17, 15) is 4.79 Å². The van der Waals surface area contributed by atoms with Crippen LogP contribution in [0.15, 0.2) is 18.3 Å². The van der Waals surface area contributed by atoms with Crippen molar-refractivity contribution in [2.45, 2.75) is 44.8 Å². The van der Waals surface area contributed by atoms with Gasteiger partial charge in [-0.05, 0) is 50.2 Å². The van der Waals surface area contributed by atoms with Crippen LogP contribution >= 0.6 is 23.1 Å². The van der Waals surface area contributed by atoms with Gasteiger partial charge < -0.3 is 10.1 Å². The van der Waals surface area contributed by atoms with Gasteiger partial charge in [0.2, 0.25) is 5.88 Å². The summed E-state index contributed by atoms with van der Waals surface area (Å²) in [5.41, 5.74) is 0.679. The number of ether oxygens (including phenoxy) is 1. The number of hydrogen-bond donors (Lipinski definition) is 1. The van der Waals surface area contributed by atoms with Crippen molar-refractivity contribution >= 4 is 29.0 Å². The van der Waals surface area contributed by atoms with Crippen LogP contribution in [0.5, 0.6) is 5.88 Å². The summed E-state index contributed by atoms with van der Waals surface area (Å²) in [4.78, 5) is 16.9. The molecule has 1 amide bonds. The largest absolute Gasteiger partial charge is 0.474 e. The smallest absolute Gasteiger partial charge is 0.265 e. The molecule has 1 aliphatic rings. The Morgan fingerprint density at radius 1 is 1.35 bits per heavy atom. The zero-order valence-electron chi connectivity index (χ0n) is 12.7. The number of nitrogens with one attached hydrogen (secondary N) is 1. The van der Waals surface area contributed by atoms with Crippen LogP contribution in [0.25, 0.3) is 0 Å². The minimum atomic E-state index is -0.0822. The molecule has 0 aliphatic heterocycles. The Morgan fingerprint density at radius 2 is 2.13 bits per heavy atom. The van der Waals surface area contributed by atoms with Crippen molar-refractivity contribution in [3.05, 3.63) is 33.9 Å². The first-order valence-electron chi connectivity index (χ1n) is 7.50. The number of rotatable bonds is 4. The third kappa shape index (κ3) is 4.17. The van der Waals surface area contributed by atoms with E-state index in [0.717, 1.165) is 37.2 Å². The maximum Gasteiger partial charge on any atom is 0.265 e. The second kappa shape index (κ2) is 7.23. The highest BCUT2D eigenvalue weighted by Crippen LogP contribution is 2.24. The first kappa shape index (κ1) is 16.1. The molecule has 2 aromatic rings. The maximum absolute atomic E-state index is 12.2. The average molecular weight is 353 g/mol. The minimum absolute atomic E-state index is 0.0822. The molecule has 0 atom stereocenters. The summed E-state index contributed by atoms with van der Waals surface area (Å²) in [6, 6.07) is 3.71. The van der Waals surface area contributed by atoms with Gasteiger partial charge in [-0.15, -0.1) is 5.10 Å². The average Bonchev–Trinajstić information content (AvgIpc) is 2.98. The van der Waals surface area contributed by atoms with Gasteiger partial charge in [0.1, 0.15) is 11.0 Å². The lowest BCUT2D eigenvalue weighted by Gasteiger charge is -2.29. The number of carbonyl (C=O) groups is 1. The molecule has 0 spiro atoms. The molecular formula is C15H17ClN4O2S. The van der Waals surface area contributed by atoms with Gasteiger partial charge >= 0.3 is 0 Å². The van der Waals surface area contributed by atoms with E-state index >= 15 is 0 Å². The summed E-state index contributed by atoms with van der Waals surface area (Å²) in [6.07, 6.45) is 5.24. The van der Waals surface area contributed by atoms with E-state index in [1.807, 2.05) is 0 Å². The number of aromatic nitrogens is 3. The molecule has 1 aliphatic carbocycles. The third-order valence-electron chi connectivity index (χ3n) is 3.85. The van der Waals surface area contributed by atoms with Crippen molar-refractivity contribution in [3.63, 3.8) is 0 Å². The zero-order chi connectivity index (χ0) is 16.2. The van der Waals surface area contributed by atoms with Crippen LogP contribution in [0.4, 0.5) is 0 Å². The number of pyridine rings is 1. The van der Waals surface area contributed by atoms with E-state index in [1.165, 1.54) is 0 Å². The van der Waals surface area contributed by atoms with Crippen molar-refractivity contribution in [2.24, 2.45) is 0 Å². The van der Waals surface area contributed by atoms with Crippen LogP contribution in [-0.2, 0) is 0 Å². The molecule has 1 N–H and O–H groups in total. The van der Waals surface area contributed by atoms with Crippen LogP contribution in [0.2, 0.25) is 5.02 Å². The van der Waals surface area contributed by atoms with Crippen LogP contribution in [0.3, 0.4) is 0 Å². The van der Waals surface area contributed by atoms with Crippen molar-refractivity contribution < 1.29 is 9.53 Å². The number of hydrogen-bond acceptors (Lipinski definition) is 6. The Balaban J connectivity index is 1.48. The van der Waals surface area contributed by atoms with Crippen molar-refractivity contribution in [2.75, 3.05) is 0 Å². The van der Waals surface area contributed by atoms with Crippen molar-refractivity contribution in [3.8, 4) is 5.88 Å². The van der Waals surface area contributed by atoms with E-state index in [-0.39, 0.29) is 18.1 Å². The topological polar surface area (TPSA) is 77.0 Å². The molecule has 2 heterocycles. The third-order valence-corrected chi connectivity index (χ3v) is 4.91. The number of carbonyl (C=O) groups excluding carboxylic acids is 1. The fraction of sp³-hybridized carbons (Fsp3) is 0.467. The first-order valence-corrected chi connectivity index (χ1v) is 8.65. The van der Waals surface area contributed by atoms with Crippen LogP contribution in [0.1, 0.15) is 41.0 Å². The summed E-state index contributed by atoms with van der Waals surface area (Å²) < 4.78 is 9.65. The molecule has 0 radical (unpaired) electrons. The zero-order valence-corrected chi connectivity index (χ0v) is 14.2. The molecule has 2 aromatic heterocycles. The van der Waals surface area contributed by atoms with E-state index in [1.54, 1.807) is 25.3 Å². The number of halogens is 1. The minimum Gasteiger partial charge on any atom is -0.474 e. The molecule has 122 valence electrons. The molecular weight excluding hydrogens is 336 g/mol. The SMILES string of the molecule is Cc1nnsc1C(=O)NC1CCC(Oc2ccc(Cl)cn2)CC1. The molecule has 8 heteroatoms. The highest BCUT2D eigenvalue weighted by atomic mass is 35.5. The number of nitrogens with zero attached hydrogens (tertiary/aromatic N) is 3. The van der Waals surface area contributed by atoms with Gasteiger partial charge in [-0.2, -0.15) is 0 Å². The molecule has 1 saturated carbocycles. The Morgan fingerprint density at radius 3 is 2.74 bits per heavy atom. The Labute approximate surface area is 143 Å². The fourth-order valence-corrected chi connectivity index (χ4v) is 3.29. The second-order valence-corrected chi connectivity index (χ2v) is 6.76. The summed E-state index contributed by atoms with van der Waals surface area (Å²) in [7, 11) is 0. The molecule has 3 rings (SSSR count). The highest BCUT2D eigenvalue weighted by molar-refractivity contribution is 7.08. The number of aryl methyl sites for hydroxylation is 1. The first-order chi connectivity index (χ1) is 11.1. The van der Waals surface area contributed by atoms with Gasteiger partial charge in [0, 0.05) is 18.3 Å². The van der Waals surface area contributed by atoms with Gasteiger partial charge in [-0.1, -0.05) is 16.1 Å². The molecule has 0 saturated heterocycles. The molecule has 0 unspecified atom stereocenters. The number of amides is 1. The maximum atomic E-state index is 12.2. The summed E-state index contributed by atoms with van der Waals surface area (Å²) in [5.74, 6) is 0.509. The Kier molecular flexibility index (Phi) is 5.07. The van der Waals surface area contributed by atoms with Crippen molar-refractivity contribution in [1.82, 2.24) is 19.9 Å². The van der Waals surface area contributed by atoms with Crippen LogP contribution < -0.4 is 10.1 Å². The monoisotopic (exact) mass is 352 g/mol. The highest BCUT2D eigenvalue weighted by Gasteiger charge is 2.25. The predicted octanol–water partition coefficient (Wildman–Crippen LogP) is 3.01. The molecule has 0 bridgehead atoms. The Hall–Kier alpha value is -1.73. The van der Waals surface area contributed by atoms with Gasteiger partial charge in [0.15, 0.2) is 0 Å². The van der Waals surface area contributed by atoms with E-state index in [2.05, 4.69) is 19.9 Å². The second-order valence-electron chi connectivity index (χ2n) is 5.57. The van der Waals surface area contributed by atoms with Gasteiger partial charge in [-0.3, -0.25) is 4.79 Å². The van der Waals surface area contributed by atoms with E-state index in [4.69, 9.17) is 16.3 Å². The van der Waals surface area contributed by atoms with Gasteiger partial charge in [-0.25, -0.2) is 4.98 Å². The lowest BCUT2D eigenvalue weighted by molar-refractivity contribution is 0.0893. The molecule has 1 fully saturated rings. The Bertz CT molecular complexity index is 668. The van der Waals surface area contributed by atoms with Crippen molar-refractivity contribution in [1.29, 1.82) is 0 Å². The van der Waals surface area contributed by atoms with Crippen LogP contribution in [-0.4, -0.2) is 32.6 Å². The molecule has 0 aromatic carbocycles. The lowest BCUT2D eigenvalue weighted by atomic mass is 9.93. The van der Waals surface area contributed by atoms with Gasteiger partial charge in [0.25, 0.3) is 5.91 Å². The normalized spacial score (nSPS) is 21.0. The van der Waals surface area contributed by atoms with E-state index < -0.39 is 0 Å². The molecule has 23 heavy (non-hydrogen) atoms.